The molecule has 0 aliphatic carbocycles. The first-order chi connectivity index (χ1) is 14.8. The number of carbonyl (C=O) groups excluding carboxylic acids is 2. The second kappa shape index (κ2) is 8.31. The van der Waals surface area contributed by atoms with Crippen LogP contribution >= 0.6 is 0 Å². The predicted octanol–water partition coefficient (Wildman–Crippen LogP) is 2.61. The number of rotatable bonds is 6. The molecule has 8 nitrogen and oxygen atoms in total. The minimum Gasteiger partial charge on any atom is -0.480 e. The summed E-state index contributed by atoms with van der Waals surface area (Å²) in [7, 11) is 0. The molecule has 2 aromatic carbocycles. The van der Waals surface area contributed by atoms with Crippen LogP contribution in [0.1, 0.15) is 16.8 Å². The number of alkyl halides is 2. The Labute approximate surface area is 174 Å². The third-order valence-corrected chi connectivity index (χ3v) is 5.20. The van der Waals surface area contributed by atoms with Crippen LogP contribution in [-0.2, 0) is 14.3 Å². The van der Waals surface area contributed by atoms with Gasteiger partial charge in [-0.15, -0.1) is 0 Å². The first-order valence-electron chi connectivity index (χ1n) is 9.49. The largest absolute Gasteiger partial charge is 0.480 e. The Morgan fingerprint density at radius 2 is 1.90 bits per heavy atom. The van der Waals surface area contributed by atoms with Gasteiger partial charge in [0.2, 0.25) is 5.91 Å². The number of furan rings is 1. The summed E-state index contributed by atoms with van der Waals surface area (Å²) in [4.78, 5) is 37.3. The van der Waals surface area contributed by atoms with Crippen LogP contribution in [0.2, 0.25) is 0 Å². The van der Waals surface area contributed by atoms with Crippen LogP contribution in [0.4, 0.5) is 8.78 Å². The molecular weight excluding hydrogens is 414 g/mol. The van der Waals surface area contributed by atoms with Crippen molar-refractivity contribution in [2.24, 2.45) is 0 Å². The number of carboxylic acids is 1. The van der Waals surface area contributed by atoms with Gasteiger partial charge in [0.1, 0.15) is 17.2 Å². The maximum atomic E-state index is 12.5. The summed E-state index contributed by atoms with van der Waals surface area (Å²) in [5.74, 6) is -2.56. The lowest BCUT2D eigenvalue weighted by atomic mass is 10.1. The number of carbonyl (C=O) groups is 3. The second-order valence-corrected chi connectivity index (χ2v) is 7.15. The molecule has 31 heavy (non-hydrogen) atoms. The number of para-hydroxylation sites is 1. The molecule has 1 aliphatic rings. The fourth-order valence-electron chi connectivity index (χ4n) is 3.78. The molecule has 0 saturated carbocycles. The van der Waals surface area contributed by atoms with Gasteiger partial charge in [0.05, 0.1) is 12.6 Å². The van der Waals surface area contributed by atoms with Crippen molar-refractivity contribution < 1.29 is 37.4 Å². The number of carboxylic acid groups (broad SMARTS) is 1. The summed E-state index contributed by atoms with van der Waals surface area (Å²) in [6.07, 6.45) is -1.33. The van der Waals surface area contributed by atoms with Crippen molar-refractivity contribution in [3.63, 3.8) is 0 Å². The van der Waals surface area contributed by atoms with Crippen molar-refractivity contribution in [1.29, 1.82) is 0 Å². The molecule has 2 N–H and O–H groups in total. The summed E-state index contributed by atoms with van der Waals surface area (Å²) in [6.45, 7) is -3.83. The number of nitrogens with one attached hydrogen (secondary N) is 1. The number of aliphatic carboxylic acids is 1. The zero-order valence-electron chi connectivity index (χ0n) is 16.1. The van der Waals surface area contributed by atoms with E-state index >= 15 is 0 Å². The molecule has 4 rings (SSSR count). The maximum absolute atomic E-state index is 12.5. The number of benzene rings is 2. The lowest BCUT2D eigenvalue weighted by Gasteiger charge is -2.21. The molecule has 0 bridgehead atoms. The van der Waals surface area contributed by atoms with Gasteiger partial charge < -0.3 is 24.5 Å². The Morgan fingerprint density at radius 1 is 1.16 bits per heavy atom. The fraction of sp³-hybridized carbons (Fsp3) is 0.286. The monoisotopic (exact) mass is 432 g/mol. The molecule has 1 aliphatic heterocycles. The van der Waals surface area contributed by atoms with E-state index in [4.69, 9.17) is 4.42 Å². The molecule has 1 fully saturated rings. The summed E-state index contributed by atoms with van der Waals surface area (Å²) in [6, 6.07) is 10.9. The van der Waals surface area contributed by atoms with Gasteiger partial charge in [-0.2, -0.15) is 8.78 Å². The van der Waals surface area contributed by atoms with E-state index < -0.39 is 43.1 Å². The van der Waals surface area contributed by atoms with Gasteiger partial charge >= 0.3 is 12.6 Å². The number of likely N-dealkylation sites (tertiary alicyclic amines) is 1. The van der Waals surface area contributed by atoms with Crippen molar-refractivity contribution >= 4 is 39.7 Å². The molecule has 3 aromatic rings. The molecule has 2 amide bonds. The van der Waals surface area contributed by atoms with Crippen LogP contribution in [0.15, 0.2) is 46.9 Å². The van der Waals surface area contributed by atoms with E-state index in [2.05, 4.69) is 10.1 Å². The highest BCUT2D eigenvalue weighted by molar-refractivity contribution is 6.08. The third-order valence-electron chi connectivity index (χ3n) is 5.20. The van der Waals surface area contributed by atoms with Gasteiger partial charge in [0.25, 0.3) is 5.91 Å². The molecule has 10 heteroatoms. The van der Waals surface area contributed by atoms with E-state index in [9.17, 15) is 28.3 Å². The van der Waals surface area contributed by atoms with Crippen molar-refractivity contribution in [1.82, 2.24) is 10.2 Å². The zero-order chi connectivity index (χ0) is 22.1. The number of nitrogens with zero attached hydrogens (tertiary/aromatic N) is 1. The summed E-state index contributed by atoms with van der Waals surface area (Å²) in [5.41, 5.74) is 1.58. The molecule has 2 atom stereocenters. The average molecular weight is 432 g/mol. The van der Waals surface area contributed by atoms with Crippen LogP contribution in [0.25, 0.3) is 21.9 Å². The number of amides is 2. The van der Waals surface area contributed by atoms with Gasteiger partial charge in [0.15, 0.2) is 0 Å². The zero-order valence-corrected chi connectivity index (χ0v) is 16.1. The summed E-state index contributed by atoms with van der Waals surface area (Å²) >= 11 is 0. The van der Waals surface area contributed by atoms with Gasteiger partial charge in [-0.3, -0.25) is 9.59 Å². The van der Waals surface area contributed by atoms with Crippen LogP contribution in [0.5, 0.6) is 0 Å². The minimum atomic E-state index is -3.07. The summed E-state index contributed by atoms with van der Waals surface area (Å²) < 4.78 is 34.9. The quantitative estimate of drug-likeness (QED) is 0.620. The standard InChI is InChI=1S/C21H18F2N2O6/c22-21(23)30-12-8-15(20(28)29)25(10-12)18(26)9-24-19(27)11-5-6-17-14(7-11)13-3-1-2-4-16(13)31-17/h1-7,12,15,21H,8-10H2,(H,24,27)(H,28,29)/t12-,15+/m1/s1. The molecule has 2 heterocycles. The normalized spacial score (nSPS) is 18.7. The number of ether oxygens (including phenoxy) is 1. The summed E-state index contributed by atoms with van der Waals surface area (Å²) in [5, 5.41) is 13.3. The Kier molecular flexibility index (Phi) is 5.55. The Morgan fingerprint density at radius 3 is 2.65 bits per heavy atom. The number of fused-ring (bicyclic) bond motifs is 3. The van der Waals surface area contributed by atoms with Crippen LogP contribution in [0.3, 0.4) is 0 Å². The van der Waals surface area contributed by atoms with Crippen molar-refractivity contribution in [3.8, 4) is 0 Å². The fourth-order valence-corrected chi connectivity index (χ4v) is 3.78. The molecule has 1 aromatic heterocycles. The molecular formula is C21H18F2N2O6. The molecule has 1 saturated heterocycles. The predicted molar refractivity (Wildman–Crippen MR) is 105 cm³/mol. The highest BCUT2D eigenvalue weighted by atomic mass is 19.3. The SMILES string of the molecule is O=C(NCC(=O)N1C[C@H](OC(F)F)C[C@H]1C(=O)O)c1ccc2oc3ccccc3c2c1. The highest BCUT2D eigenvalue weighted by Gasteiger charge is 2.41. The van der Waals surface area contributed by atoms with E-state index in [0.717, 1.165) is 15.7 Å². The van der Waals surface area contributed by atoms with E-state index in [-0.39, 0.29) is 13.0 Å². The van der Waals surface area contributed by atoms with Crippen LogP contribution < -0.4 is 5.32 Å². The maximum Gasteiger partial charge on any atom is 0.345 e. The minimum absolute atomic E-state index is 0.246. The topological polar surface area (TPSA) is 109 Å². The van der Waals surface area contributed by atoms with Crippen LogP contribution in [-0.4, -0.2) is 59.6 Å². The van der Waals surface area contributed by atoms with E-state index in [1.165, 1.54) is 0 Å². The average Bonchev–Trinajstić information content (AvgIpc) is 3.32. The first kappa shape index (κ1) is 20.7. The van der Waals surface area contributed by atoms with Crippen molar-refractivity contribution in [2.75, 3.05) is 13.1 Å². The number of hydrogen-bond donors (Lipinski definition) is 2. The van der Waals surface area contributed by atoms with Crippen LogP contribution in [0, 0.1) is 0 Å². The van der Waals surface area contributed by atoms with Gasteiger partial charge in [0, 0.05) is 29.3 Å². The first-order valence-corrected chi connectivity index (χ1v) is 9.49. The van der Waals surface area contributed by atoms with Gasteiger partial charge in [-0.25, -0.2) is 4.79 Å². The Balaban J connectivity index is 1.44. The Bertz CT molecular complexity index is 1160. The van der Waals surface area contributed by atoms with Gasteiger partial charge in [-0.05, 0) is 24.3 Å². The number of halogens is 2. The van der Waals surface area contributed by atoms with E-state index in [1.54, 1.807) is 18.2 Å². The lowest BCUT2D eigenvalue weighted by Crippen LogP contribution is -2.45. The van der Waals surface area contributed by atoms with E-state index in [1.807, 2.05) is 24.3 Å². The lowest BCUT2D eigenvalue weighted by molar-refractivity contribution is -0.160. The van der Waals surface area contributed by atoms with E-state index in [0.29, 0.717) is 16.7 Å². The second-order valence-electron chi connectivity index (χ2n) is 7.15. The molecule has 0 unspecified atom stereocenters. The van der Waals surface area contributed by atoms with Gasteiger partial charge in [-0.1, -0.05) is 18.2 Å². The van der Waals surface area contributed by atoms with Crippen molar-refractivity contribution in [2.45, 2.75) is 25.2 Å². The molecule has 0 spiro atoms. The smallest absolute Gasteiger partial charge is 0.345 e. The number of hydrogen-bond acceptors (Lipinski definition) is 5. The Hall–Kier alpha value is -3.53. The molecule has 0 radical (unpaired) electrons. The molecule has 162 valence electrons. The van der Waals surface area contributed by atoms with Crippen molar-refractivity contribution in [3.05, 3.63) is 48.0 Å². The third kappa shape index (κ3) is 4.19. The highest BCUT2D eigenvalue weighted by Crippen LogP contribution is 2.29.